The molecular formula is C27H36BrN3O5S. The van der Waals surface area contributed by atoms with E-state index in [1.165, 1.54) is 13.1 Å². The molecule has 0 amide bonds. The number of benzene rings is 2. The SMILES string of the molecule is COCC[C@H]1CN(CC(=O)c2cc(N(C)S(C)(=O)=O)c(O)c(C(C)(C)C)c2)/C(=N\Br)[C@@H]1c1ccccc1. The molecule has 1 saturated heterocycles. The molecule has 2 aromatic carbocycles. The molecule has 1 heterocycles. The summed E-state index contributed by atoms with van der Waals surface area (Å²) in [4.78, 5) is 15.6. The average Bonchev–Trinajstić information content (AvgIpc) is 3.18. The fourth-order valence-corrected chi connectivity index (χ4v) is 5.73. The summed E-state index contributed by atoms with van der Waals surface area (Å²) < 4.78 is 35.3. The zero-order chi connectivity index (χ0) is 27.5. The van der Waals surface area contributed by atoms with Gasteiger partial charge in [0.15, 0.2) is 5.78 Å². The number of amidine groups is 1. The highest BCUT2D eigenvalue weighted by Gasteiger charge is 2.40. The number of aromatic hydroxyl groups is 1. The quantitative estimate of drug-likeness (QED) is 0.422. The van der Waals surface area contributed by atoms with Gasteiger partial charge in [0.05, 0.1) is 34.6 Å². The number of halogens is 1. The Bertz CT molecular complexity index is 1260. The van der Waals surface area contributed by atoms with E-state index in [1.54, 1.807) is 13.2 Å². The zero-order valence-corrected chi connectivity index (χ0v) is 24.6. The van der Waals surface area contributed by atoms with Crippen molar-refractivity contribution in [2.45, 2.75) is 38.5 Å². The Morgan fingerprint density at radius 3 is 2.43 bits per heavy atom. The molecule has 1 fully saturated rings. The highest BCUT2D eigenvalue weighted by Crippen LogP contribution is 2.41. The van der Waals surface area contributed by atoms with Gasteiger partial charge in [-0.25, -0.2) is 8.42 Å². The van der Waals surface area contributed by atoms with E-state index in [9.17, 15) is 18.3 Å². The van der Waals surface area contributed by atoms with Crippen LogP contribution in [0.3, 0.4) is 0 Å². The van der Waals surface area contributed by atoms with Gasteiger partial charge in [-0.3, -0.25) is 9.10 Å². The van der Waals surface area contributed by atoms with E-state index >= 15 is 0 Å². The first-order chi connectivity index (χ1) is 17.3. The number of Topliss-reactive ketones (excluding diaryl/α,β-unsaturated/α-hetero) is 1. The molecule has 10 heteroatoms. The molecule has 0 radical (unpaired) electrons. The van der Waals surface area contributed by atoms with Gasteiger partial charge < -0.3 is 14.7 Å². The minimum absolute atomic E-state index is 0.000377. The summed E-state index contributed by atoms with van der Waals surface area (Å²) in [6, 6.07) is 13.2. The van der Waals surface area contributed by atoms with Gasteiger partial charge in [0.2, 0.25) is 10.0 Å². The Balaban J connectivity index is 2.00. The highest BCUT2D eigenvalue weighted by atomic mass is 79.9. The summed E-state index contributed by atoms with van der Waals surface area (Å²) in [7, 11) is -0.614. The molecule has 2 atom stereocenters. The predicted octanol–water partition coefficient (Wildman–Crippen LogP) is 4.73. The number of anilines is 1. The fourth-order valence-electron chi connectivity index (χ4n) is 4.79. The maximum atomic E-state index is 13.7. The van der Waals surface area contributed by atoms with Crippen LogP contribution in [0.5, 0.6) is 5.75 Å². The third kappa shape index (κ3) is 6.53. The van der Waals surface area contributed by atoms with Crippen molar-refractivity contribution in [2.24, 2.45) is 9.94 Å². The van der Waals surface area contributed by atoms with Crippen molar-refractivity contribution in [1.82, 2.24) is 4.90 Å². The Hall–Kier alpha value is -2.43. The summed E-state index contributed by atoms with van der Waals surface area (Å²) in [5.74, 6) is 0.624. The second-order valence-electron chi connectivity index (χ2n) is 10.5. The van der Waals surface area contributed by atoms with Gasteiger partial charge in [-0.1, -0.05) is 51.1 Å². The number of likely N-dealkylation sites (tertiary alicyclic amines) is 1. The predicted molar refractivity (Wildman–Crippen MR) is 151 cm³/mol. The Morgan fingerprint density at radius 1 is 1.24 bits per heavy atom. The number of carbonyl (C=O) groups is 1. The number of methoxy groups -OCH3 is 1. The molecule has 0 aliphatic carbocycles. The number of hydrogen-bond acceptors (Lipinski definition) is 6. The van der Waals surface area contributed by atoms with Crippen LogP contribution in [-0.2, 0) is 20.2 Å². The number of ether oxygens (including phenoxy) is 1. The van der Waals surface area contributed by atoms with E-state index in [0.29, 0.717) is 24.3 Å². The molecule has 0 bridgehead atoms. The number of carbonyl (C=O) groups excluding carboxylic acids is 1. The first-order valence-electron chi connectivity index (χ1n) is 12.1. The van der Waals surface area contributed by atoms with Gasteiger partial charge in [-0.05, 0) is 35.4 Å². The molecule has 1 N–H and O–H groups in total. The fraction of sp³-hybridized carbons (Fsp3) is 0.481. The first-order valence-corrected chi connectivity index (χ1v) is 14.7. The van der Waals surface area contributed by atoms with Crippen LogP contribution in [0.1, 0.15) is 54.6 Å². The molecule has 1 aliphatic rings. The van der Waals surface area contributed by atoms with Crippen LogP contribution >= 0.6 is 16.1 Å². The van der Waals surface area contributed by atoms with E-state index in [-0.39, 0.29) is 35.6 Å². The van der Waals surface area contributed by atoms with Crippen LogP contribution in [0.2, 0.25) is 0 Å². The van der Waals surface area contributed by atoms with Crippen molar-refractivity contribution in [1.29, 1.82) is 0 Å². The van der Waals surface area contributed by atoms with Crippen LogP contribution in [0.25, 0.3) is 0 Å². The lowest BCUT2D eigenvalue weighted by Crippen LogP contribution is -2.33. The smallest absolute Gasteiger partial charge is 0.232 e. The van der Waals surface area contributed by atoms with Gasteiger partial charge in [0.25, 0.3) is 0 Å². The number of ketones is 1. The van der Waals surface area contributed by atoms with Gasteiger partial charge >= 0.3 is 0 Å². The average molecular weight is 595 g/mol. The van der Waals surface area contributed by atoms with Crippen molar-refractivity contribution < 1.29 is 23.1 Å². The van der Waals surface area contributed by atoms with E-state index in [2.05, 4.69) is 32.3 Å². The molecule has 37 heavy (non-hydrogen) atoms. The standard InChI is InChI=1S/C27H36BrN3O5S/c1-27(2,3)21-14-20(15-22(25(21)33)30(4)37(6,34)35)23(32)17-31-16-19(12-13-36-5)24(26(31)29-28)18-10-8-7-9-11-18/h7-11,14-15,19,24,33H,12-13,16-17H2,1-6H3/b29-26-/t19-,24+/m0/s1. The Kier molecular flexibility index (Phi) is 9.08. The van der Waals surface area contributed by atoms with Gasteiger partial charge in [-0.2, -0.15) is 4.02 Å². The number of phenols is 1. The monoisotopic (exact) mass is 593 g/mol. The van der Waals surface area contributed by atoms with Crippen LogP contribution in [-0.4, -0.2) is 70.2 Å². The normalized spacial score (nSPS) is 19.4. The molecule has 0 aromatic heterocycles. The number of nitrogens with zero attached hydrogens (tertiary/aromatic N) is 3. The van der Waals surface area contributed by atoms with Crippen LogP contribution < -0.4 is 4.31 Å². The summed E-state index contributed by atoms with van der Waals surface area (Å²) in [6.07, 6.45) is 1.87. The molecule has 1 aliphatic heterocycles. The lowest BCUT2D eigenvalue weighted by molar-refractivity contribution is 0.0962. The largest absolute Gasteiger partial charge is 0.505 e. The number of rotatable bonds is 9. The molecule has 202 valence electrons. The van der Waals surface area contributed by atoms with Crippen LogP contribution in [0.4, 0.5) is 5.69 Å². The summed E-state index contributed by atoms with van der Waals surface area (Å²) in [5.41, 5.74) is 1.51. The van der Waals surface area contributed by atoms with Crippen LogP contribution in [0, 0.1) is 5.92 Å². The molecule has 2 aromatic rings. The second-order valence-corrected chi connectivity index (χ2v) is 12.9. The lowest BCUT2D eigenvalue weighted by atomic mass is 9.84. The van der Waals surface area contributed by atoms with Gasteiger partial charge in [0, 0.05) is 44.4 Å². The Morgan fingerprint density at radius 2 is 1.89 bits per heavy atom. The van der Waals surface area contributed by atoms with Gasteiger partial charge in [-0.15, -0.1) is 0 Å². The van der Waals surface area contributed by atoms with Crippen molar-refractivity contribution in [3.63, 3.8) is 0 Å². The highest BCUT2D eigenvalue weighted by molar-refractivity contribution is 9.08. The van der Waals surface area contributed by atoms with Crippen molar-refractivity contribution in [2.75, 3.05) is 44.4 Å². The molecule has 0 unspecified atom stereocenters. The summed E-state index contributed by atoms with van der Waals surface area (Å²) in [6.45, 7) is 7.00. The number of sulfonamides is 1. The molecule has 3 rings (SSSR count). The summed E-state index contributed by atoms with van der Waals surface area (Å²) in [5, 5.41) is 10.9. The Labute approximate surface area is 228 Å². The molecule has 0 spiro atoms. The molecule has 0 saturated carbocycles. The number of hydrogen-bond donors (Lipinski definition) is 1. The van der Waals surface area contributed by atoms with E-state index in [4.69, 9.17) is 4.74 Å². The molecule has 8 nitrogen and oxygen atoms in total. The third-order valence-electron chi connectivity index (χ3n) is 6.86. The maximum Gasteiger partial charge on any atom is 0.232 e. The van der Waals surface area contributed by atoms with E-state index in [0.717, 1.165) is 28.4 Å². The lowest BCUT2D eigenvalue weighted by Gasteiger charge is -2.27. The van der Waals surface area contributed by atoms with Crippen molar-refractivity contribution in [3.05, 3.63) is 59.2 Å². The minimum Gasteiger partial charge on any atom is -0.505 e. The number of phenolic OH excluding ortho intramolecular Hbond substituents is 1. The third-order valence-corrected chi connectivity index (χ3v) is 8.41. The molecular weight excluding hydrogens is 558 g/mol. The van der Waals surface area contributed by atoms with Crippen molar-refractivity contribution in [3.8, 4) is 5.75 Å². The van der Waals surface area contributed by atoms with E-state index in [1.807, 2.05) is 43.9 Å². The van der Waals surface area contributed by atoms with Crippen LogP contribution in [0.15, 0.2) is 46.5 Å². The summed E-state index contributed by atoms with van der Waals surface area (Å²) >= 11 is 3.29. The maximum absolute atomic E-state index is 13.7. The minimum atomic E-state index is -3.66. The first kappa shape index (κ1) is 29.1. The topological polar surface area (TPSA) is 99.5 Å². The van der Waals surface area contributed by atoms with Gasteiger partial charge in [0.1, 0.15) is 11.6 Å². The second kappa shape index (κ2) is 11.5. The van der Waals surface area contributed by atoms with E-state index < -0.39 is 15.4 Å². The zero-order valence-electron chi connectivity index (χ0n) is 22.2. The van der Waals surface area contributed by atoms with Crippen molar-refractivity contribution >= 4 is 43.5 Å².